The highest BCUT2D eigenvalue weighted by atomic mass is 19.4. The van der Waals surface area contributed by atoms with Gasteiger partial charge in [-0.2, -0.15) is 13.2 Å². The standard InChI is InChI=1S/C39H46F3N7O5/c1-38(2,3)54-37(51)48-19-6-8-34(48)49-25-43-22-33(49)29-15-11-27(12-16-29)26-9-13-28(14-10-26)31-21-44-35(46-31)32-7-5-18-47(32)23-30(45-36(50)52-4)17-20-53-24-39(40,41)42/h9-16,21-23,25,32,34H,5-8,17-20,24H2,1-4H3,(H,44,46)(H,45,50). The number of likely N-dealkylation sites (tertiary alicyclic amines) is 2. The van der Waals surface area contributed by atoms with Crippen molar-refractivity contribution >= 4 is 12.2 Å². The highest BCUT2D eigenvalue weighted by molar-refractivity contribution is 5.72. The molecule has 15 heteroatoms. The van der Waals surface area contributed by atoms with E-state index in [1.807, 2.05) is 44.0 Å². The quantitative estimate of drug-likeness (QED) is 0.146. The molecular weight excluding hydrogens is 703 g/mol. The van der Waals surface area contributed by atoms with Crippen LogP contribution in [-0.2, 0) is 14.2 Å². The molecule has 2 aliphatic heterocycles. The van der Waals surface area contributed by atoms with Gasteiger partial charge in [0.15, 0.2) is 0 Å². The molecule has 4 heterocycles. The summed E-state index contributed by atoms with van der Waals surface area (Å²) >= 11 is 0. The van der Waals surface area contributed by atoms with Crippen LogP contribution in [0.4, 0.5) is 22.8 Å². The predicted molar refractivity (Wildman–Crippen MR) is 196 cm³/mol. The minimum Gasteiger partial charge on any atom is -0.453 e. The molecule has 0 spiro atoms. The largest absolute Gasteiger partial charge is 0.453 e. The first kappa shape index (κ1) is 38.4. The number of amides is 2. The number of methoxy groups -OCH3 is 1. The second kappa shape index (κ2) is 16.4. The van der Waals surface area contributed by atoms with Crippen molar-refractivity contribution in [3.8, 4) is 33.6 Å². The maximum Gasteiger partial charge on any atom is 0.411 e. The van der Waals surface area contributed by atoms with Gasteiger partial charge in [0.05, 0.1) is 49.9 Å². The average molecular weight is 750 g/mol. The number of hydrogen-bond donors (Lipinski definition) is 2. The zero-order valence-electron chi connectivity index (χ0n) is 30.9. The Morgan fingerprint density at radius 1 is 0.944 bits per heavy atom. The van der Waals surface area contributed by atoms with Crippen LogP contribution >= 0.6 is 0 Å². The fourth-order valence-electron chi connectivity index (χ4n) is 6.81. The van der Waals surface area contributed by atoms with E-state index in [-0.39, 0.29) is 31.3 Å². The molecule has 0 radical (unpaired) electrons. The molecule has 54 heavy (non-hydrogen) atoms. The van der Waals surface area contributed by atoms with Crippen molar-refractivity contribution < 1.29 is 37.0 Å². The number of hydrogen-bond acceptors (Lipinski definition) is 8. The summed E-state index contributed by atoms with van der Waals surface area (Å²) in [5, 5.41) is 2.59. The van der Waals surface area contributed by atoms with Crippen LogP contribution in [0.2, 0.25) is 0 Å². The fourth-order valence-corrected chi connectivity index (χ4v) is 6.81. The van der Waals surface area contributed by atoms with Gasteiger partial charge in [-0.25, -0.2) is 19.6 Å². The average Bonchev–Trinajstić information content (AvgIpc) is 3.96. The molecule has 288 valence electrons. The van der Waals surface area contributed by atoms with E-state index in [0.29, 0.717) is 18.8 Å². The van der Waals surface area contributed by atoms with E-state index >= 15 is 0 Å². The van der Waals surface area contributed by atoms with Crippen LogP contribution in [0.3, 0.4) is 0 Å². The van der Waals surface area contributed by atoms with Gasteiger partial charge in [0, 0.05) is 31.4 Å². The van der Waals surface area contributed by atoms with E-state index < -0.39 is 24.5 Å². The van der Waals surface area contributed by atoms with E-state index in [9.17, 15) is 22.8 Å². The van der Waals surface area contributed by atoms with Gasteiger partial charge in [-0.1, -0.05) is 48.5 Å². The lowest BCUT2D eigenvalue weighted by atomic mass is 10.0. The Morgan fingerprint density at radius 2 is 1.61 bits per heavy atom. The lowest BCUT2D eigenvalue weighted by Crippen LogP contribution is -2.38. The summed E-state index contributed by atoms with van der Waals surface area (Å²) in [6, 6.07) is 16.3. The van der Waals surface area contributed by atoms with Crippen molar-refractivity contribution in [1.82, 2.24) is 34.6 Å². The van der Waals surface area contributed by atoms with Gasteiger partial charge >= 0.3 is 18.4 Å². The second-order valence-electron chi connectivity index (χ2n) is 14.4. The molecule has 2 fully saturated rings. The van der Waals surface area contributed by atoms with Crippen LogP contribution in [-0.4, -0.2) is 86.7 Å². The minimum atomic E-state index is -4.43. The van der Waals surface area contributed by atoms with Crippen molar-refractivity contribution in [2.75, 3.05) is 33.4 Å². The Bertz CT molecular complexity index is 1920. The molecule has 2 unspecified atom stereocenters. The van der Waals surface area contributed by atoms with Crippen LogP contribution in [0, 0.1) is 0 Å². The molecule has 2 aromatic heterocycles. The third-order valence-electron chi connectivity index (χ3n) is 9.30. The van der Waals surface area contributed by atoms with Gasteiger partial charge < -0.3 is 28.7 Å². The van der Waals surface area contributed by atoms with Gasteiger partial charge in [-0.3, -0.25) is 10.2 Å². The number of alkyl carbamates (subject to hydrolysis) is 1. The Hall–Kier alpha value is -5.31. The number of nitrogens with one attached hydrogen (secondary N) is 2. The third kappa shape index (κ3) is 9.61. The van der Waals surface area contributed by atoms with Gasteiger partial charge in [0.25, 0.3) is 0 Å². The molecule has 2 amide bonds. The summed E-state index contributed by atoms with van der Waals surface area (Å²) in [4.78, 5) is 41.2. The third-order valence-corrected chi connectivity index (χ3v) is 9.30. The summed E-state index contributed by atoms with van der Waals surface area (Å²) < 4.78 is 54.8. The predicted octanol–water partition coefficient (Wildman–Crippen LogP) is 8.44. The number of carbonyl (C=O) groups is 2. The number of aromatic amines is 1. The summed E-state index contributed by atoms with van der Waals surface area (Å²) in [5.74, 6) is 0.746. The fraction of sp³-hybridized carbons (Fsp3) is 0.436. The normalized spacial score (nSPS) is 17.9. The number of benzene rings is 2. The number of halogens is 3. The van der Waals surface area contributed by atoms with Crippen molar-refractivity contribution in [1.29, 1.82) is 0 Å². The van der Waals surface area contributed by atoms with Crippen LogP contribution in [0.5, 0.6) is 0 Å². The van der Waals surface area contributed by atoms with E-state index in [1.54, 1.807) is 23.6 Å². The summed E-state index contributed by atoms with van der Waals surface area (Å²) in [5.41, 5.74) is 5.62. The molecule has 0 aliphatic carbocycles. The topological polar surface area (TPSA) is 127 Å². The molecule has 2 aliphatic rings. The first-order valence-electron chi connectivity index (χ1n) is 18.0. The maximum atomic E-state index is 13.0. The highest BCUT2D eigenvalue weighted by Crippen LogP contribution is 2.35. The Kier molecular flexibility index (Phi) is 11.6. The van der Waals surface area contributed by atoms with E-state index in [4.69, 9.17) is 14.2 Å². The van der Waals surface area contributed by atoms with Gasteiger partial charge in [-0.15, -0.1) is 0 Å². The van der Waals surface area contributed by atoms with Crippen molar-refractivity contribution in [2.45, 2.75) is 76.9 Å². The minimum absolute atomic E-state index is 0.0622. The molecule has 0 bridgehead atoms. The summed E-state index contributed by atoms with van der Waals surface area (Å²) in [7, 11) is 1.22. The number of carbonyl (C=O) groups excluding carboxylic acids is 2. The van der Waals surface area contributed by atoms with Crippen molar-refractivity contribution in [3.05, 3.63) is 85.0 Å². The van der Waals surface area contributed by atoms with Crippen LogP contribution in [0.25, 0.3) is 33.6 Å². The first-order valence-corrected chi connectivity index (χ1v) is 18.0. The zero-order valence-corrected chi connectivity index (χ0v) is 30.9. The molecular formula is C39H46F3N7O5. The molecule has 4 aromatic rings. The Balaban J connectivity index is 1.11. The summed E-state index contributed by atoms with van der Waals surface area (Å²) in [6.07, 6.45) is 4.94. The van der Waals surface area contributed by atoms with Crippen molar-refractivity contribution in [2.24, 2.45) is 0 Å². The SMILES string of the molecule is COC(=O)NC(=CN1CCCC1c1ncc(-c2ccc(-c3ccc(-c4cncn4C4CCCN4C(=O)OC(C)(C)C)cc3)cc2)[nH]1)CCOCC(F)(F)F. The monoisotopic (exact) mass is 749 g/mol. The van der Waals surface area contributed by atoms with Crippen LogP contribution in [0.15, 0.2) is 79.1 Å². The highest BCUT2D eigenvalue weighted by Gasteiger charge is 2.34. The number of aromatic nitrogens is 4. The molecule has 6 rings (SSSR count). The number of imidazole rings is 2. The molecule has 2 atom stereocenters. The van der Waals surface area contributed by atoms with E-state index in [1.165, 1.54) is 7.11 Å². The van der Waals surface area contributed by atoms with Gasteiger partial charge in [-0.05, 0) is 68.7 Å². The number of alkyl halides is 3. The first-order chi connectivity index (χ1) is 25.8. The lowest BCUT2D eigenvalue weighted by molar-refractivity contribution is -0.173. The molecule has 2 aromatic carbocycles. The molecule has 2 N–H and O–H groups in total. The molecule has 0 saturated carbocycles. The van der Waals surface area contributed by atoms with Crippen molar-refractivity contribution in [3.63, 3.8) is 0 Å². The van der Waals surface area contributed by atoms with Crippen LogP contribution in [0.1, 0.15) is 70.9 Å². The number of ether oxygens (including phenoxy) is 3. The summed E-state index contributed by atoms with van der Waals surface area (Å²) in [6.45, 7) is 5.34. The maximum absolute atomic E-state index is 13.0. The molecule has 12 nitrogen and oxygen atoms in total. The van der Waals surface area contributed by atoms with E-state index in [0.717, 1.165) is 65.1 Å². The number of H-pyrrole nitrogens is 1. The lowest BCUT2D eigenvalue weighted by Gasteiger charge is -2.30. The zero-order chi connectivity index (χ0) is 38.5. The smallest absolute Gasteiger partial charge is 0.411 e. The number of nitrogens with zero attached hydrogens (tertiary/aromatic N) is 5. The number of rotatable bonds is 11. The molecule has 2 saturated heterocycles. The van der Waals surface area contributed by atoms with Crippen LogP contribution < -0.4 is 5.32 Å². The Labute approximate surface area is 312 Å². The Morgan fingerprint density at radius 3 is 2.28 bits per heavy atom. The van der Waals surface area contributed by atoms with Gasteiger partial charge in [0.1, 0.15) is 24.2 Å². The van der Waals surface area contributed by atoms with E-state index in [2.05, 4.69) is 61.2 Å². The van der Waals surface area contributed by atoms with Gasteiger partial charge in [0.2, 0.25) is 0 Å². The second-order valence-corrected chi connectivity index (χ2v) is 14.4.